The van der Waals surface area contributed by atoms with Crippen LogP contribution in [0.4, 0.5) is 14.5 Å². The zero-order chi connectivity index (χ0) is 37.0. The summed E-state index contributed by atoms with van der Waals surface area (Å²) in [6.07, 6.45) is 0. The van der Waals surface area contributed by atoms with Crippen molar-refractivity contribution in [3.05, 3.63) is 80.7 Å². The number of ether oxygens (including phenoxy) is 3. The van der Waals surface area contributed by atoms with E-state index in [0.717, 1.165) is 17.4 Å². The molecule has 1 heterocycles. The van der Waals surface area contributed by atoms with Gasteiger partial charge in [0.05, 0.1) is 52.3 Å². The Kier molecular flexibility index (Phi) is 13.8. The number of carbonyl (C=O) groups excluding carboxylic acids is 3. The van der Waals surface area contributed by atoms with Crippen LogP contribution in [-0.2, 0) is 0 Å². The molecule has 0 spiro atoms. The number of halogens is 2. The molecule has 3 aromatic carbocycles. The van der Waals surface area contributed by atoms with Gasteiger partial charge in [-0.2, -0.15) is 10.5 Å². The fraction of sp³-hybridized carbons (Fsp3) is 0.188. The highest BCUT2D eigenvalue weighted by molar-refractivity contribution is 7.22. The molecule has 0 radical (unpaired) electrons. The molecule has 17 heteroatoms. The maximum absolute atomic E-state index is 13.5. The molecule has 3 amide bonds. The average molecular weight is 697 g/mol. The number of hydrogen-bond acceptors (Lipinski definition) is 11. The molecular weight excluding hydrogens is 666 g/mol. The smallest absolute Gasteiger partial charge is 0.338 e. The van der Waals surface area contributed by atoms with Crippen LogP contribution in [0.15, 0.2) is 36.4 Å². The van der Waals surface area contributed by atoms with Crippen molar-refractivity contribution in [1.29, 1.82) is 10.5 Å². The van der Waals surface area contributed by atoms with Crippen molar-refractivity contribution >= 4 is 50.8 Å². The Bertz CT molecular complexity index is 1920. The fourth-order valence-corrected chi connectivity index (χ4v) is 5.19. The van der Waals surface area contributed by atoms with E-state index in [2.05, 4.69) is 0 Å². The van der Waals surface area contributed by atoms with Crippen LogP contribution >= 0.6 is 11.3 Å². The number of carbonyl (C=O) groups is 4. The summed E-state index contributed by atoms with van der Waals surface area (Å²) in [4.78, 5) is 44.3. The number of nitrogens with two attached hydrogens (primary N) is 4. The SMILES string of the molecule is CCOc1ccc(C(=O)O)c(F)c1C#N.CCOc1ccc(C(N)=O)c(F)c1C#N.CCOc1ccc(C(N)=O)c2sc(C(N)=O)c(N)c12. The van der Waals surface area contributed by atoms with Gasteiger partial charge in [-0.1, -0.05) is 0 Å². The Morgan fingerprint density at radius 2 is 1.12 bits per heavy atom. The molecule has 4 rings (SSSR count). The fourth-order valence-electron chi connectivity index (χ4n) is 4.08. The Balaban J connectivity index is 0.000000258. The minimum absolute atomic E-state index is 0.0579. The number of hydrogen-bond donors (Lipinski definition) is 5. The van der Waals surface area contributed by atoms with Gasteiger partial charge in [0.1, 0.15) is 45.4 Å². The number of amides is 3. The lowest BCUT2D eigenvalue weighted by Crippen LogP contribution is -2.14. The van der Waals surface area contributed by atoms with E-state index in [9.17, 15) is 28.0 Å². The van der Waals surface area contributed by atoms with E-state index in [1.165, 1.54) is 18.2 Å². The predicted octanol–water partition coefficient (Wildman–Crippen LogP) is 4.07. The quantitative estimate of drug-likeness (QED) is 0.158. The normalized spacial score (nSPS) is 9.86. The molecule has 9 N–H and O–H groups in total. The molecule has 49 heavy (non-hydrogen) atoms. The number of carboxylic acid groups (broad SMARTS) is 1. The van der Waals surface area contributed by atoms with Gasteiger partial charge < -0.3 is 42.3 Å². The van der Waals surface area contributed by atoms with Crippen molar-refractivity contribution in [2.75, 3.05) is 25.6 Å². The molecule has 1 aromatic heterocycles. The lowest BCUT2D eigenvalue weighted by molar-refractivity contribution is 0.0690. The van der Waals surface area contributed by atoms with Gasteiger partial charge in [-0.05, 0) is 57.2 Å². The third-order valence-corrected chi connectivity index (χ3v) is 7.41. The topological polar surface area (TPSA) is 268 Å². The highest BCUT2D eigenvalue weighted by Crippen LogP contribution is 2.41. The molecule has 0 atom stereocenters. The predicted molar refractivity (Wildman–Crippen MR) is 174 cm³/mol. The Hall–Kier alpha value is -6.46. The van der Waals surface area contributed by atoms with E-state index in [4.69, 9.17) is 52.8 Å². The number of benzene rings is 3. The monoisotopic (exact) mass is 696 g/mol. The third kappa shape index (κ3) is 8.88. The van der Waals surface area contributed by atoms with Crippen LogP contribution in [0.5, 0.6) is 17.2 Å². The number of anilines is 1. The van der Waals surface area contributed by atoms with E-state index in [0.29, 0.717) is 34.6 Å². The summed E-state index contributed by atoms with van der Waals surface area (Å²) in [6, 6.07) is 11.3. The molecule has 4 aromatic rings. The first-order valence-electron chi connectivity index (χ1n) is 14.0. The summed E-state index contributed by atoms with van der Waals surface area (Å²) in [6.45, 7) is 6.24. The highest BCUT2D eigenvalue weighted by atomic mass is 32.1. The Labute approximate surface area is 282 Å². The molecule has 0 unspecified atom stereocenters. The largest absolute Gasteiger partial charge is 0.493 e. The minimum Gasteiger partial charge on any atom is -0.493 e. The highest BCUT2D eigenvalue weighted by Gasteiger charge is 2.22. The molecule has 0 saturated carbocycles. The molecule has 0 aliphatic carbocycles. The number of carboxylic acids is 1. The maximum Gasteiger partial charge on any atom is 0.338 e. The van der Waals surface area contributed by atoms with Gasteiger partial charge in [0.15, 0.2) is 11.6 Å². The Morgan fingerprint density at radius 3 is 1.53 bits per heavy atom. The average Bonchev–Trinajstić information content (AvgIpc) is 3.40. The van der Waals surface area contributed by atoms with Gasteiger partial charge in [-0.15, -0.1) is 11.3 Å². The van der Waals surface area contributed by atoms with Crippen molar-refractivity contribution < 1.29 is 47.3 Å². The van der Waals surface area contributed by atoms with Crippen LogP contribution in [0.25, 0.3) is 10.1 Å². The second-order valence-electron chi connectivity index (χ2n) is 9.18. The number of nitrogens with zero attached hydrogens (tertiary/aromatic N) is 2. The van der Waals surface area contributed by atoms with E-state index in [1.807, 2.05) is 6.92 Å². The summed E-state index contributed by atoms with van der Waals surface area (Å²) < 4.78 is 42.9. The van der Waals surface area contributed by atoms with Crippen molar-refractivity contribution in [2.45, 2.75) is 20.8 Å². The van der Waals surface area contributed by atoms with Crippen LogP contribution < -0.4 is 37.1 Å². The van der Waals surface area contributed by atoms with Gasteiger partial charge >= 0.3 is 5.97 Å². The van der Waals surface area contributed by atoms with E-state index >= 15 is 0 Å². The van der Waals surface area contributed by atoms with Crippen molar-refractivity contribution in [1.82, 2.24) is 0 Å². The first-order valence-corrected chi connectivity index (χ1v) is 14.8. The third-order valence-electron chi connectivity index (χ3n) is 6.15. The van der Waals surface area contributed by atoms with E-state index in [-0.39, 0.29) is 45.4 Å². The number of aromatic carboxylic acids is 1. The summed E-state index contributed by atoms with van der Waals surface area (Å²) in [5, 5.41) is 26.5. The summed E-state index contributed by atoms with van der Waals surface area (Å²) in [7, 11) is 0. The minimum atomic E-state index is -1.41. The molecule has 0 bridgehead atoms. The number of nitriles is 2. The van der Waals surface area contributed by atoms with Crippen LogP contribution in [0.3, 0.4) is 0 Å². The molecule has 0 aliphatic rings. The lowest BCUT2D eigenvalue weighted by Gasteiger charge is -2.07. The van der Waals surface area contributed by atoms with Gasteiger partial charge in [0.25, 0.3) is 11.8 Å². The molecular formula is C32H30F2N6O8S. The first-order chi connectivity index (χ1) is 23.2. The van der Waals surface area contributed by atoms with Crippen LogP contribution in [0.1, 0.15) is 72.6 Å². The van der Waals surface area contributed by atoms with Gasteiger partial charge in [0.2, 0.25) is 5.91 Å². The second-order valence-corrected chi connectivity index (χ2v) is 10.2. The van der Waals surface area contributed by atoms with Gasteiger partial charge in [-0.3, -0.25) is 14.4 Å². The number of primary amides is 3. The van der Waals surface area contributed by atoms with Crippen molar-refractivity contribution in [2.24, 2.45) is 17.2 Å². The second kappa shape index (κ2) is 17.5. The summed E-state index contributed by atoms with van der Waals surface area (Å²) >= 11 is 1.05. The molecule has 0 fully saturated rings. The standard InChI is InChI=1S/C12H13N3O3S.C10H9FN2O2.C10H8FNO3/c1-2-18-6-4-3-5(11(14)16)9-7(6)8(13)10(19-9)12(15)17;2*1-2-15-8-4-3-6(10(13)14)9(11)7(8)5-12/h3-4H,2,13H2,1H3,(H2,14,16)(H2,15,17);3-4H,2H2,1H3,(H2,13,14);3-4H,2H2,1H3,(H,13,14). The number of rotatable bonds is 10. The van der Waals surface area contributed by atoms with Crippen molar-refractivity contribution in [3.63, 3.8) is 0 Å². The Morgan fingerprint density at radius 1 is 0.714 bits per heavy atom. The van der Waals surface area contributed by atoms with Crippen molar-refractivity contribution in [3.8, 4) is 29.4 Å². The molecule has 14 nitrogen and oxygen atoms in total. The molecule has 256 valence electrons. The lowest BCUT2D eigenvalue weighted by atomic mass is 10.1. The number of fused-ring (bicyclic) bond motifs is 1. The molecule has 0 aliphatic heterocycles. The summed E-state index contributed by atoms with van der Waals surface area (Å²) in [5.41, 5.74) is 20.4. The van der Waals surface area contributed by atoms with Crippen LogP contribution in [0, 0.1) is 34.3 Å². The molecule has 0 saturated heterocycles. The van der Waals surface area contributed by atoms with E-state index < -0.39 is 40.9 Å². The maximum atomic E-state index is 13.5. The first kappa shape index (κ1) is 38.7. The number of thiophene rings is 1. The van der Waals surface area contributed by atoms with Crippen LogP contribution in [0.2, 0.25) is 0 Å². The zero-order valence-electron chi connectivity index (χ0n) is 26.3. The van der Waals surface area contributed by atoms with E-state index in [1.54, 1.807) is 38.1 Å². The zero-order valence-corrected chi connectivity index (χ0v) is 27.1. The summed E-state index contributed by atoms with van der Waals surface area (Å²) in [5.74, 6) is -4.87. The number of nitrogen functional groups attached to an aromatic ring is 1. The van der Waals surface area contributed by atoms with Gasteiger partial charge in [-0.25, -0.2) is 13.6 Å². The van der Waals surface area contributed by atoms with Crippen LogP contribution in [-0.4, -0.2) is 48.6 Å². The van der Waals surface area contributed by atoms with Gasteiger partial charge in [0, 0.05) is 0 Å².